The van der Waals surface area contributed by atoms with Crippen LogP contribution in [0.5, 0.6) is 0 Å². The van der Waals surface area contributed by atoms with Gasteiger partial charge in [-0.05, 0) is 12.1 Å². The molecule has 0 unspecified atom stereocenters. The van der Waals surface area contributed by atoms with Gasteiger partial charge in [-0.15, -0.1) is 0 Å². The first kappa shape index (κ1) is 22.1. The fourth-order valence-corrected chi connectivity index (χ4v) is 3.37. The van der Waals surface area contributed by atoms with E-state index in [-0.39, 0.29) is 25.5 Å². The van der Waals surface area contributed by atoms with Crippen molar-refractivity contribution < 1.29 is 13.6 Å². The molecule has 12 heteroatoms. The molecule has 0 aliphatic carbocycles. The van der Waals surface area contributed by atoms with Gasteiger partial charge in [-0.3, -0.25) is 23.8 Å². The molecule has 0 radical (unpaired) electrons. The number of carbonyl (C=O) groups excluding carboxylic acids is 1. The molecule has 4 rings (SSSR count). The summed E-state index contributed by atoms with van der Waals surface area (Å²) >= 11 is 0. The van der Waals surface area contributed by atoms with E-state index in [9.17, 15) is 18.4 Å². The Morgan fingerprint density at radius 3 is 2.85 bits per heavy atom. The standard InChI is InChI=1S/C21H22F2N8O2/c1-30-11-14(8-28-30)17-10-27-20(25-5-3-18(22)23)21(33)31(17)12-19(32)26-9-15-6-13-7-24-4-2-16(13)29-15/h2,4,6-8,10-11,18,29H,3,5,9,12H2,1H3,(H,25,27)(H,26,32). The van der Waals surface area contributed by atoms with Crippen LogP contribution in [0.2, 0.25) is 0 Å². The molecule has 0 aliphatic rings. The number of carbonyl (C=O) groups is 1. The number of nitrogens with zero attached hydrogens (tertiary/aromatic N) is 5. The van der Waals surface area contributed by atoms with Crippen LogP contribution in [0, 0.1) is 0 Å². The molecule has 0 atom stereocenters. The van der Waals surface area contributed by atoms with Gasteiger partial charge in [-0.1, -0.05) is 0 Å². The average Bonchev–Trinajstić information content (AvgIpc) is 3.40. The number of fused-ring (bicyclic) bond motifs is 1. The van der Waals surface area contributed by atoms with Crippen LogP contribution < -0.4 is 16.2 Å². The van der Waals surface area contributed by atoms with Crippen LogP contribution in [-0.4, -0.2) is 48.2 Å². The second-order valence-corrected chi connectivity index (χ2v) is 7.43. The van der Waals surface area contributed by atoms with Crippen LogP contribution in [0.4, 0.5) is 14.6 Å². The lowest BCUT2D eigenvalue weighted by atomic mass is 10.2. The fraction of sp³-hybridized carbons (Fsp3) is 0.286. The summed E-state index contributed by atoms with van der Waals surface area (Å²) in [6, 6.07) is 3.72. The molecule has 33 heavy (non-hydrogen) atoms. The van der Waals surface area contributed by atoms with Gasteiger partial charge in [-0.25, -0.2) is 13.8 Å². The lowest BCUT2D eigenvalue weighted by Crippen LogP contribution is -2.34. The van der Waals surface area contributed by atoms with Gasteiger partial charge in [-0.2, -0.15) is 5.10 Å². The number of aryl methyl sites for hydroxylation is 1. The normalized spacial score (nSPS) is 11.3. The Morgan fingerprint density at radius 1 is 1.27 bits per heavy atom. The van der Waals surface area contributed by atoms with Crippen LogP contribution in [0.1, 0.15) is 12.1 Å². The van der Waals surface area contributed by atoms with Gasteiger partial charge in [0.05, 0.1) is 24.6 Å². The minimum atomic E-state index is -2.50. The number of amides is 1. The van der Waals surface area contributed by atoms with E-state index in [1.54, 1.807) is 36.5 Å². The highest BCUT2D eigenvalue weighted by molar-refractivity contribution is 5.80. The molecule has 3 N–H and O–H groups in total. The van der Waals surface area contributed by atoms with Crippen molar-refractivity contribution in [2.75, 3.05) is 11.9 Å². The number of hydrogen-bond acceptors (Lipinski definition) is 6. The van der Waals surface area contributed by atoms with Crippen molar-refractivity contribution in [2.24, 2.45) is 7.05 Å². The highest BCUT2D eigenvalue weighted by atomic mass is 19.3. The predicted octanol–water partition coefficient (Wildman–Crippen LogP) is 1.90. The van der Waals surface area contributed by atoms with Crippen LogP contribution >= 0.6 is 0 Å². The van der Waals surface area contributed by atoms with Crippen molar-refractivity contribution in [3.8, 4) is 11.3 Å². The van der Waals surface area contributed by atoms with Crippen molar-refractivity contribution in [1.29, 1.82) is 0 Å². The maximum absolute atomic E-state index is 13.0. The molecule has 0 bridgehead atoms. The predicted molar refractivity (Wildman–Crippen MR) is 118 cm³/mol. The van der Waals surface area contributed by atoms with Crippen molar-refractivity contribution >= 4 is 22.6 Å². The maximum atomic E-state index is 13.0. The molecule has 0 spiro atoms. The quantitative estimate of drug-likeness (QED) is 0.354. The summed E-state index contributed by atoms with van der Waals surface area (Å²) in [6.07, 6.45) is 5.12. The molecule has 0 saturated carbocycles. The Bertz CT molecular complexity index is 1290. The number of rotatable bonds is 9. The summed E-state index contributed by atoms with van der Waals surface area (Å²) in [5, 5.41) is 10.4. The topological polar surface area (TPSA) is 123 Å². The Morgan fingerprint density at radius 2 is 2.12 bits per heavy atom. The van der Waals surface area contributed by atoms with Crippen molar-refractivity contribution in [2.45, 2.75) is 25.9 Å². The zero-order valence-electron chi connectivity index (χ0n) is 17.8. The van der Waals surface area contributed by atoms with Crippen LogP contribution in [0.3, 0.4) is 0 Å². The van der Waals surface area contributed by atoms with E-state index in [1.807, 2.05) is 12.1 Å². The smallest absolute Gasteiger partial charge is 0.294 e. The van der Waals surface area contributed by atoms with E-state index in [0.29, 0.717) is 11.3 Å². The fourth-order valence-electron chi connectivity index (χ4n) is 3.37. The number of pyridine rings is 1. The first-order chi connectivity index (χ1) is 15.9. The molecule has 0 saturated heterocycles. The molecular weight excluding hydrogens is 434 g/mol. The highest BCUT2D eigenvalue weighted by Crippen LogP contribution is 2.17. The third kappa shape index (κ3) is 5.22. The largest absolute Gasteiger partial charge is 0.365 e. The molecule has 4 heterocycles. The summed E-state index contributed by atoms with van der Waals surface area (Å²) in [5.41, 5.74) is 2.09. The summed E-state index contributed by atoms with van der Waals surface area (Å²) in [4.78, 5) is 37.0. The minimum Gasteiger partial charge on any atom is -0.365 e. The second-order valence-electron chi connectivity index (χ2n) is 7.43. The van der Waals surface area contributed by atoms with Gasteiger partial charge in [0, 0.05) is 60.8 Å². The average molecular weight is 456 g/mol. The van der Waals surface area contributed by atoms with Crippen LogP contribution in [0.15, 0.2) is 47.9 Å². The van der Waals surface area contributed by atoms with Gasteiger partial charge in [0.2, 0.25) is 12.3 Å². The van der Waals surface area contributed by atoms with Crippen LogP contribution in [-0.2, 0) is 24.9 Å². The number of hydrogen-bond donors (Lipinski definition) is 3. The zero-order valence-corrected chi connectivity index (χ0v) is 17.8. The summed E-state index contributed by atoms with van der Waals surface area (Å²) in [5.74, 6) is -0.497. The number of anilines is 1. The summed E-state index contributed by atoms with van der Waals surface area (Å²) < 4.78 is 27.7. The second kappa shape index (κ2) is 9.59. The van der Waals surface area contributed by atoms with Gasteiger partial charge in [0.1, 0.15) is 6.54 Å². The molecular formula is C21H22F2N8O2. The Balaban J connectivity index is 1.54. The minimum absolute atomic E-state index is 0.0980. The van der Waals surface area contributed by atoms with Gasteiger partial charge in [0.15, 0.2) is 5.82 Å². The monoisotopic (exact) mass is 456 g/mol. The van der Waals surface area contributed by atoms with Gasteiger partial charge in [0.25, 0.3) is 5.56 Å². The molecule has 4 aromatic heterocycles. The Hall–Kier alpha value is -4.09. The van der Waals surface area contributed by atoms with Gasteiger partial charge >= 0.3 is 0 Å². The van der Waals surface area contributed by atoms with E-state index in [1.165, 1.54) is 10.8 Å². The highest BCUT2D eigenvalue weighted by Gasteiger charge is 2.16. The van der Waals surface area contributed by atoms with Gasteiger partial charge < -0.3 is 15.6 Å². The number of nitrogens with one attached hydrogen (secondary N) is 3. The molecule has 1 amide bonds. The number of aromatic amines is 1. The van der Waals surface area contributed by atoms with Crippen molar-refractivity contribution in [3.05, 3.63) is 59.2 Å². The first-order valence-electron chi connectivity index (χ1n) is 10.2. The molecule has 0 aliphatic heterocycles. The van der Waals surface area contributed by atoms with E-state index in [2.05, 4.69) is 30.7 Å². The number of alkyl halides is 2. The number of aromatic nitrogens is 6. The van der Waals surface area contributed by atoms with E-state index in [4.69, 9.17) is 0 Å². The SMILES string of the molecule is Cn1cc(-c2cnc(NCCC(F)F)c(=O)n2CC(=O)NCc2cc3cnccc3[nH]2)cn1. The van der Waals surface area contributed by atoms with E-state index >= 15 is 0 Å². The lowest BCUT2D eigenvalue weighted by Gasteiger charge is -2.14. The first-order valence-corrected chi connectivity index (χ1v) is 10.2. The maximum Gasteiger partial charge on any atom is 0.294 e. The van der Waals surface area contributed by atoms with E-state index in [0.717, 1.165) is 16.6 Å². The van der Waals surface area contributed by atoms with Crippen LogP contribution in [0.25, 0.3) is 22.2 Å². The molecule has 0 aromatic carbocycles. The third-order valence-electron chi connectivity index (χ3n) is 4.96. The lowest BCUT2D eigenvalue weighted by molar-refractivity contribution is -0.121. The number of H-pyrrole nitrogens is 1. The van der Waals surface area contributed by atoms with Crippen molar-refractivity contribution in [3.63, 3.8) is 0 Å². The molecule has 0 fully saturated rings. The molecule has 172 valence electrons. The Labute approximate surface area is 186 Å². The molecule has 10 nitrogen and oxygen atoms in total. The summed E-state index contributed by atoms with van der Waals surface area (Å²) in [7, 11) is 1.72. The number of halogens is 2. The van der Waals surface area contributed by atoms with Crippen molar-refractivity contribution in [1.82, 2.24) is 34.6 Å². The third-order valence-corrected chi connectivity index (χ3v) is 4.96. The summed E-state index contributed by atoms with van der Waals surface area (Å²) in [6.45, 7) is -0.167. The Kier molecular flexibility index (Phi) is 6.43. The van der Waals surface area contributed by atoms with E-state index < -0.39 is 24.3 Å². The molecule has 4 aromatic rings. The zero-order chi connectivity index (χ0) is 23.4.